The van der Waals surface area contributed by atoms with Gasteiger partial charge in [-0.25, -0.2) is 0 Å². The second kappa shape index (κ2) is 10.1. The van der Waals surface area contributed by atoms with Crippen LogP contribution in [0.25, 0.3) is 0 Å². The van der Waals surface area contributed by atoms with Crippen LogP contribution in [0.15, 0.2) is 85.4 Å². The van der Waals surface area contributed by atoms with Gasteiger partial charge in [-0.15, -0.1) is 0 Å². The number of benzene rings is 1. The van der Waals surface area contributed by atoms with Crippen LogP contribution in [0, 0.1) is 17.3 Å². The molecule has 0 aromatic heterocycles. The lowest BCUT2D eigenvalue weighted by Gasteiger charge is -2.34. The SMILES string of the molecule is C=CNC(C(=C)NC)N(C)C(=C)C1=CCC(C)(C#Cc2ccc(C(C)C)cc2)C=C1. The summed E-state index contributed by atoms with van der Waals surface area (Å²) in [5, 5.41) is 6.31. The maximum Gasteiger partial charge on any atom is 0.139 e. The van der Waals surface area contributed by atoms with E-state index >= 15 is 0 Å². The van der Waals surface area contributed by atoms with Crippen LogP contribution in [0.1, 0.15) is 44.2 Å². The molecule has 0 saturated heterocycles. The van der Waals surface area contributed by atoms with Crippen molar-refractivity contribution in [3.05, 3.63) is 96.5 Å². The summed E-state index contributed by atoms with van der Waals surface area (Å²) in [5.74, 6) is 7.32. The van der Waals surface area contributed by atoms with Gasteiger partial charge in [-0.2, -0.15) is 0 Å². The van der Waals surface area contributed by atoms with Crippen LogP contribution in [0.5, 0.6) is 0 Å². The number of likely N-dealkylation sites (N-methyl/N-ethyl adjacent to an activating group) is 2. The van der Waals surface area contributed by atoms with Gasteiger partial charge in [0.2, 0.25) is 0 Å². The lowest BCUT2D eigenvalue weighted by atomic mass is 9.82. The summed E-state index contributed by atoms with van der Waals surface area (Å²) in [5.41, 5.74) is 5.06. The summed E-state index contributed by atoms with van der Waals surface area (Å²) in [4.78, 5) is 2.06. The molecule has 0 spiro atoms. The van der Waals surface area contributed by atoms with Gasteiger partial charge in [-0.1, -0.05) is 75.8 Å². The predicted molar refractivity (Wildman–Crippen MR) is 130 cm³/mol. The molecule has 1 aromatic carbocycles. The van der Waals surface area contributed by atoms with Crippen molar-refractivity contribution in [1.29, 1.82) is 0 Å². The molecule has 2 unspecified atom stereocenters. The topological polar surface area (TPSA) is 27.3 Å². The highest BCUT2D eigenvalue weighted by Crippen LogP contribution is 2.32. The molecule has 2 rings (SSSR count). The quantitative estimate of drug-likeness (QED) is 0.458. The van der Waals surface area contributed by atoms with Crippen molar-refractivity contribution in [1.82, 2.24) is 15.5 Å². The number of nitrogens with one attached hydrogen (secondary N) is 2. The van der Waals surface area contributed by atoms with Gasteiger partial charge in [0, 0.05) is 31.1 Å². The van der Waals surface area contributed by atoms with Crippen LogP contribution in [-0.2, 0) is 0 Å². The summed E-state index contributed by atoms with van der Waals surface area (Å²) >= 11 is 0. The third kappa shape index (κ3) is 5.70. The first kappa shape index (κ1) is 23.2. The van der Waals surface area contributed by atoms with Crippen LogP contribution in [0.4, 0.5) is 0 Å². The van der Waals surface area contributed by atoms with E-state index in [9.17, 15) is 0 Å². The van der Waals surface area contributed by atoms with E-state index in [1.54, 1.807) is 6.20 Å². The average Bonchev–Trinajstić information content (AvgIpc) is 2.75. The van der Waals surface area contributed by atoms with Crippen molar-refractivity contribution in [3.8, 4) is 11.8 Å². The minimum atomic E-state index is -0.188. The van der Waals surface area contributed by atoms with Gasteiger partial charge in [0.1, 0.15) is 6.17 Å². The predicted octanol–water partition coefficient (Wildman–Crippen LogP) is 5.29. The van der Waals surface area contributed by atoms with E-state index < -0.39 is 0 Å². The lowest BCUT2D eigenvalue weighted by molar-refractivity contribution is 0.312. The molecule has 0 radical (unpaired) electrons. The normalized spacial score (nSPS) is 18.5. The lowest BCUT2D eigenvalue weighted by Crippen LogP contribution is -2.44. The highest BCUT2D eigenvalue weighted by molar-refractivity contribution is 5.45. The van der Waals surface area contributed by atoms with Crippen molar-refractivity contribution in [2.24, 2.45) is 5.41 Å². The van der Waals surface area contributed by atoms with Crippen LogP contribution in [0.2, 0.25) is 0 Å². The van der Waals surface area contributed by atoms with E-state index in [4.69, 9.17) is 0 Å². The van der Waals surface area contributed by atoms with E-state index in [2.05, 4.69) is 110 Å². The second-order valence-electron chi connectivity index (χ2n) is 8.25. The smallest absolute Gasteiger partial charge is 0.139 e. The van der Waals surface area contributed by atoms with Gasteiger partial charge in [0.05, 0.1) is 5.41 Å². The molecule has 2 N–H and O–H groups in total. The molecule has 0 saturated carbocycles. The fraction of sp³-hybridized carbons (Fsp3) is 0.333. The number of rotatable bonds is 8. The first-order valence-electron chi connectivity index (χ1n) is 10.4. The van der Waals surface area contributed by atoms with E-state index in [0.717, 1.165) is 29.0 Å². The fourth-order valence-electron chi connectivity index (χ4n) is 3.26. The molecular weight excluding hydrogens is 366 g/mol. The molecular formula is C27H35N3. The monoisotopic (exact) mass is 401 g/mol. The molecule has 0 aliphatic heterocycles. The Labute approximate surface area is 183 Å². The minimum absolute atomic E-state index is 0.129. The Bertz CT molecular complexity index is 906. The van der Waals surface area contributed by atoms with Crippen LogP contribution in [0.3, 0.4) is 0 Å². The molecule has 0 amide bonds. The molecule has 0 bridgehead atoms. The molecule has 0 fully saturated rings. The Morgan fingerprint density at radius 2 is 1.90 bits per heavy atom. The second-order valence-corrected chi connectivity index (χ2v) is 8.25. The molecule has 0 heterocycles. The summed E-state index contributed by atoms with van der Waals surface area (Å²) in [6.45, 7) is 18.7. The number of nitrogens with zero attached hydrogens (tertiary/aromatic N) is 1. The summed E-state index contributed by atoms with van der Waals surface area (Å²) in [6.07, 6.45) is 8.89. The summed E-state index contributed by atoms with van der Waals surface area (Å²) in [7, 11) is 3.85. The van der Waals surface area contributed by atoms with Crippen LogP contribution in [-0.4, -0.2) is 25.2 Å². The maximum absolute atomic E-state index is 4.29. The highest BCUT2D eigenvalue weighted by atomic mass is 15.3. The molecule has 158 valence electrons. The molecule has 1 aliphatic rings. The van der Waals surface area contributed by atoms with Crippen molar-refractivity contribution in [3.63, 3.8) is 0 Å². The van der Waals surface area contributed by atoms with Crippen molar-refractivity contribution < 1.29 is 0 Å². The molecule has 3 heteroatoms. The first-order valence-corrected chi connectivity index (χ1v) is 10.4. The number of allylic oxidation sites excluding steroid dienone is 3. The average molecular weight is 402 g/mol. The van der Waals surface area contributed by atoms with Gasteiger partial charge in [0.15, 0.2) is 0 Å². The van der Waals surface area contributed by atoms with Gasteiger partial charge < -0.3 is 15.5 Å². The van der Waals surface area contributed by atoms with E-state index in [1.165, 1.54) is 5.56 Å². The summed E-state index contributed by atoms with van der Waals surface area (Å²) in [6, 6.07) is 8.55. The zero-order valence-corrected chi connectivity index (χ0v) is 19.0. The Balaban J connectivity index is 2.10. The van der Waals surface area contributed by atoms with E-state index in [1.807, 2.05) is 14.1 Å². The molecule has 2 atom stereocenters. The molecule has 3 nitrogen and oxygen atoms in total. The standard InChI is InChI=1S/C27H35N3/c1-9-29-26(21(4)28-7)30(8)22(5)25-15-18-27(6,19-16-25)17-14-23-10-12-24(13-11-23)20(2)3/h9-13,15-16,18,20,26,28-29H,1,4-5,19H2,2-3,6-8H3. The van der Waals surface area contributed by atoms with Gasteiger partial charge in [-0.3, -0.25) is 0 Å². The van der Waals surface area contributed by atoms with Gasteiger partial charge >= 0.3 is 0 Å². The largest absolute Gasteiger partial charge is 0.389 e. The van der Waals surface area contributed by atoms with Gasteiger partial charge in [-0.05, 0) is 48.7 Å². The third-order valence-corrected chi connectivity index (χ3v) is 5.52. The van der Waals surface area contributed by atoms with Crippen LogP contribution < -0.4 is 10.6 Å². The first-order chi connectivity index (χ1) is 14.2. The van der Waals surface area contributed by atoms with E-state index in [-0.39, 0.29) is 11.6 Å². The molecule has 30 heavy (non-hydrogen) atoms. The van der Waals surface area contributed by atoms with Crippen molar-refractivity contribution in [2.75, 3.05) is 14.1 Å². The van der Waals surface area contributed by atoms with Crippen molar-refractivity contribution >= 4 is 0 Å². The molecule has 1 aliphatic carbocycles. The Morgan fingerprint density at radius 3 is 2.40 bits per heavy atom. The Hall–Kier alpha value is -3.12. The minimum Gasteiger partial charge on any atom is -0.389 e. The van der Waals surface area contributed by atoms with Crippen LogP contribution >= 0.6 is 0 Å². The van der Waals surface area contributed by atoms with Gasteiger partial charge in [0.25, 0.3) is 0 Å². The molecule has 1 aromatic rings. The highest BCUT2D eigenvalue weighted by Gasteiger charge is 2.24. The zero-order chi connectivity index (χ0) is 22.3. The summed E-state index contributed by atoms with van der Waals surface area (Å²) < 4.78 is 0. The third-order valence-electron chi connectivity index (χ3n) is 5.52. The Morgan fingerprint density at radius 1 is 1.23 bits per heavy atom. The maximum atomic E-state index is 4.29. The van der Waals surface area contributed by atoms with E-state index in [0.29, 0.717) is 5.92 Å². The fourth-order valence-corrected chi connectivity index (χ4v) is 3.26. The number of hydrogen-bond acceptors (Lipinski definition) is 3. The van der Waals surface area contributed by atoms with Crippen molar-refractivity contribution in [2.45, 2.75) is 39.3 Å². The number of hydrogen-bond donors (Lipinski definition) is 2. The Kier molecular flexibility index (Phi) is 7.78. The zero-order valence-electron chi connectivity index (χ0n) is 19.0.